The molecule has 0 radical (unpaired) electrons. The summed E-state index contributed by atoms with van der Waals surface area (Å²) in [4.78, 5) is 2.59. The second-order valence-electron chi connectivity index (χ2n) is 5.15. The fourth-order valence-corrected chi connectivity index (χ4v) is 3.14. The molecular weight excluding hydrogens is 158 g/mol. The molecule has 1 aliphatic heterocycles. The Bertz CT molecular complexity index is 160. The van der Waals surface area contributed by atoms with Crippen molar-refractivity contribution in [2.24, 2.45) is 11.3 Å². The molecule has 0 aromatic rings. The Kier molecular flexibility index (Phi) is 2.64. The first-order chi connectivity index (χ1) is 6.28. The normalized spacial score (nSPS) is 29.1. The molecule has 2 fully saturated rings. The third-order valence-electron chi connectivity index (χ3n) is 4.31. The number of nitrogens with zero attached hydrogens (tertiary/aromatic N) is 1. The number of likely N-dealkylation sites (tertiary alicyclic amines) is 1. The Morgan fingerprint density at radius 1 is 1.15 bits per heavy atom. The maximum atomic E-state index is 2.59. The van der Waals surface area contributed by atoms with Crippen LogP contribution in [0.2, 0.25) is 0 Å². The van der Waals surface area contributed by atoms with E-state index in [-0.39, 0.29) is 0 Å². The average Bonchev–Trinajstić information content (AvgIpc) is 2.14. The lowest BCUT2D eigenvalue weighted by molar-refractivity contribution is -0.0348. The van der Waals surface area contributed by atoms with E-state index in [1.807, 2.05) is 0 Å². The molecule has 1 saturated heterocycles. The number of hydrogen-bond acceptors (Lipinski definition) is 1. The quantitative estimate of drug-likeness (QED) is 0.633. The summed E-state index contributed by atoms with van der Waals surface area (Å²) in [6.07, 6.45) is 7.46. The van der Waals surface area contributed by atoms with Crippen LogP contribution in [0.25, 0.3) is 0 Å². The zero-order chi connectivity index (χ0) is 9.31. The average molecular weight is 181 g/mol. The van der Waals surface area contributed by atoms with E-state index in [0.29, 0.717) is 0 Å². The van der Waals surface area contributed by atoms with Crippen molar-refractivity contribution < 1.29 is 0 Å². The Morgan fingerprint density at radius 2 is 1.77 bits per heavy atom. The molecule has 76 valence electrons. The highest BCUT2D eigenvalue weighted by Gasteiger charge is 2.43. The summed E-state index contributed by atoms with van der Waals surface area (Å²) in [5.41, 5.74) is 0.779. The van der Waals surface area contributed by atoms with E-state index in [9.17, 15) is 0 Å². The van der Waals surface area contributed by atoms with E-state index in [4.69, 9.17) is 0 Å². The SMILES string of the molecule is CCC1CCC2(CC1)CN(CC)C2. The summed E-state index contributed by atoms with van der Waals surface area (Å²) in [6, 6.07) is 0. The van der Waals surface area contributed by atoms with Crippen LogP contribution in [0.1, 0.15) is 46.0 Å². The summed E-state index contributed by atoms with van der Waals surface area (Å²) in [6.45, 7) is 8.70. The molecule has 1 heteroatoms. The molecule has 1 spiro atoms. The number of hydrogen-bond donors (Lipinski definition) is 0. The molecule has 2 rings (SSSR count). The minimum absolute atomic E-state index is 0.779. The van der Waals surface area contributed by atoms with Crippen molar-refractivity contribution in [1.29, 1.82) is 0 Å². The van der Waals surface area contributed by atoms with Gasteiger partial charge in [-0.05, 0) is 43.6 Å². The third kappa shape index (κ3) is 1.76. The summed E-state index contributed by atoms with van der Waals surface area (Å²) in [7, 11) is 0. The number of rotatable bonds is 2. The van der Waals surface area contributed by atoms with Gasteiger partial charge in [0.15, 0.2) is 0 Å². The van der Waals surface area contributed by atoms with Crippen molar-refractivity contribution in [3.05, 3.63) is 0 Å². The molecule has 1 saturated carbocycles. The van der Waals surface area contributed by atoms with Crippen molar-refractivity contribution in [2.75, 3.05) is 19.6 Å². The maximum Gasteiger partial charge on any atom is 0.00504 e. The van der Waals surface area contributed by atoms with Crippen molar-refractivity contribution in [3.63, 3.8) is 0 Å². The van der Waals surface area contributed by atoms with Gasteiger partial charge in [-0.1, -0.05) is 20.3 Å². The van der Waals surface area contributed by atoms with Gasteiger partial charge in [0.2, 0.25) is 0 Å². The maximum absolute atomic E-state index is 2.59. The van der Waals surface area contributed by atoms with Gasteiger partial charge < -0.3 is 4.90 Å². The molecular formula is C12H23N. The predicted molar refractivity (Wildman–Crippen MR) is 56.8 cm³/mol. The molecule has 0 amide bonds. The van der Waals surface area contributed by atoms with E-state index in [2.05, 4.69) is 18.7 Å². The lowest BCUT2D eigenvalue weighted by atomic mass is 9.65. The molecule has 0 atom stereocenters. The Hall–Kier alpha value is -0.0400. The van der Waals surface area contributed by atoms with Crippen molar-refractivity contribution >= 4 is 0 Å². The highest BCUT2D eigenvalue weighted by molar-refractivity contribution is 4.97. The van der Waals surface area contributed by atoms with E-state index in [0.717, 1.165) is 11.3 Å². The fourth-order valence-electron chi connectivity index (χ4n) is 3.14. The van der Waals surface area contributed by atoms with Crippen LogP contribution in [0.5, 0.6) is 0 Å². The second kappa shape index (κ2) is 3.61. The van der Waals surface area contributed by atoms with Crippen molar-refractivity contribution in [2.45, 2.75) is 46.0 Å². The zero-order valence-corrected chi connectivity index (χ0v) is 9.18. The molecule has 2 aliphatic rings. The van der Waals surface area contributed by atoms with Crippen LogP contribution in [0.4, 0.5) is 0 Å². The zero-order valence-electron chi connectivity index (χ0n) is 9.18. The second-order valence-corrected chi connectivity index (χ2v) is 5.15. The molecule has 0 N–H and O–H groups in total. The molecule has 13 heavy (non-hydrogen) atoms. The first-order valence-electron chi connectivity index (χ1n) is 6.00. The van der Waals surface area contributed by atoms with Crippen molar-refractivity contribution in [3.8, 4) is 0 Å². The highest BCUT2D eigenvalue weighted by Crippen LogP contribution is 2.45. The minimum Gasteiger partial charge on any atom is -0.302 e. The van der Waals surface area contributed by atoms with Gasteiger partial charge in [-0.15, -0.1) is 0 Å². The van der Waals surface area contributed by atoms with E-state index in [1.165, 1.54) is 51.7 Å². The molecule has 0 aromatic carbocycles. The lowest BCUT2D eigenvalue weighted by Gasteiger charge is -2.53. The smallest absolute Gasteiger partial charge is 0.00504 e. The molecule has 1 aliphatic carbocycles. The molecule has 1 heterocycles. The van der Waals surface area contributed by atoms with Crippen LogP contribution in [-0.4, -0.2) is 24.5 Å². The van der Waals surface area contributed by atoms with Gasteiger partial charge in [-0.25, -0.2) is 0 Å². The summed E-state index contributed by atoms with van der Waals surface area (Å²) in [5, 5.41) is 0. The van der Waals surface area contributed by atoms with Crippen LogP contribution in [0, 0.1) is 11.3 Å². The van der Waals surface area contributed by atoms with Crippen LogP contribution in [0.15, 0.2) is 0 Å². The van der Waals surface area contributed by atoms with Crippen LogP contribution < -0.4 is 0 Å². The summed E-state index contributed by atoms with van der Waals surface area (Å²) >= 11 is 0. The van der Waals surface area contributed by atoms with Gasteiger partial charge in [-0.3, -0.25) is 0 Å². The molecule has 1 nitrogen and oxygen atoms in total. The predicted octanol–water partition coefficient (Wildman–Crippen LogP) is 2.91. The Balaban J connectivity index is 1.79. The van der Waals surface area contributed by atoms with Gasteiger partial charge in [-0.2, -0.15) is 0 Å². The fraction of sp³-hybridized carbons (Fsp3) is 1.00. The largest absolute Gasteiger partial charge is 0.302 e. The standard InChI is InChI=1S/C12H23N/c1-3-11-5-7-12(8-6-11)9-13(4-2)10-12/h11H,3-10H2,1-2H3. The van der Waals surface area contributed by atoms with Gasteiger partial charge in [0, 0.05) is 13.1 Å². The van der Waals surface area contributed by atoms with Crippen LogP contribution in [-0.2, 0) is 0 Å². The lowest BCUT2D eigenvalue weighted by Crippen LogP contribution is -2.57. The minimum atomic E-state index is 0.779. The highest BCUT2D eigenvalue weighted by atomic mass is 15.2. The van der Waals surface area contributed by atoms with Gasteiger partial charge >= 0.3 is 0 Å². The van der Waals surface area contributed by atoms with Gasteiger partial charge in [0.1, 0.15) is 0 Å². The van der Waals surface area contributed by atoms with E-state index < -0.39 is 0 Å². The van der Waals surface area contributed by atoms with Gasteiger partial charge in [0.05, 0.1) is 0 Å². The van der Waals surface area contributed by atoms with Crippen LogP contribution >= 0.6 is 0 Å². The Morgan fingerprint density at radius 3 is 2.23 bits per heavy atom. The van der Waals surface area contributed by atoms with E-state index >= 15 is 0 Å². The first kappa shape index (κ1) is 9.51. The molecule has 0 aromatic heterocycles. The van der Waals surface area contributed by atoms with Crippen molar-refractivity contribution in [1.82, 2.24) is 4.90 Å². The monoisotopic (exact) mass is 181 g/mol. The topological polar surface area (TPSA) is 3.24 Å². The summed E-state index contributed by atoms with van der Waals surface area (Å²) < 4.78 is 0. The molecule has 0 bridgehead atoms. The van der Waals surface area contributed by atoms with Crippen LogP contribution in [0.3, 0.4) is 0 Å². The van der Waals surface area contributed by atoms with Gasteiger partial charge in [0.25, 0.3) is 0 Å². The Labute approximate surface area is 82.5 Å². The molecule has 0 unspecified atom stereocenters. The third-order valence-corrected chi connectivity index (χ3v) is 4.31. The first-order valence-corrected chi connectivity index (χ1v) is 6.00. The van der Waals surface area contributed by atoms with E-state index in [1.54, 1.807) is 0 Å². The summed E-state index contributed by atoms with van der Waals surface area (Å²) in [5.74, 6) is 1.06.